The number of nitrogens with one attached hydrogen (secondary N) is 1. The number of hydrogen-bond donors (Lipinski definition) is 1. The summed E-state index contributed by atoms with van der Waals surface area (Å²) in [6, 6.07) is 14.3. The molecule has 0 bridgehead atoms. The van der Waals surface area contributed by atoms with Crippen molar-refractivity contribution in [1.82, 2.24) is 5.32 Å². The molecule has 1 heterocycles. The molecule has 0 amide bonds. The Morgan fingerprint density at radius 3 is 2.75 bits per heavy atom. The lowest BCUT2D eigenvalue weighted by atomic mass is 9.85. The van der Waals surface area contributed by atoms with Gasteiger partial charge in [0.15, 0.2) is 0 Å². The SMILES string of the molecule is CC(F)(CC1CCCCN1)c1cccc2ccccc12. The van der Waals surface area contributed by atoms with E-state index in [9.17, 15) is 0 Å². The zero-order chi connectivity index (χ0) is 14.0. The van der Waals surface area contributed by atoms with Gasteiger partial charge in [-0.05, 0) is 42.6 Å². The molecule has 2 heteroatoms. The molecule has 2 aromatic carbocycles. The van der Waals surface area contributed by atoms with Gasteiger partial charge >= 0.3 is 0 Å². The van der Waals surface area contributed by atoms with Crippen LogP contribution in [0.1, 0.15) is 38.2 Å². The van der Waals surface area contributed by atoms with E-state index in [-0.39, 0.29) is 0 Å². The highest BCUT2D eigenvalue weighted by molar-refractivity contribution is 5.86. The third kappa shape index (κ3) is 2.71. The van der Waals surface area contributed by atoms with Crippen LogP contribution in [-0.4, -0.2) is 12.6 Å². The average molecular weight is 271 g/mol. The van der Waals surface area contributed by atoms with E-state index < -0.39 is 5.67 Å². The summed E-state index contributed by atoms with van der Waals surface area (Å²) < 4.78 is 15.3. The van der Waals surface area contributed by atoms with Crippen LogP contribution >= 0.6 is 0 Å². The molecule has 0 spiro atoms. The van der Waals surface area contributed by atoms with Crippen molar-refractivity contribution in [1.29, 1.82) is 0 Å². The standard InChI is InChI=1S/C18H22FN/c1-18(19,13-15-9-4-5-12-20-15)17-11-6-8-14-7-2-3-10-16(14)17/h2-3,6-8,10-11,15,20H,4-5,9,12-13H2,1H3. The fourth-order valence-corrected chi connectivity index (χ4v) is 3.35. The van der Waals surface area contributed by atoms with Gasteiger partial charge in [0.25, 0.3) is 0 Å². The van der Waals surface area contributed by atoms with Crippen molar-refractivity contribution >= 4 is 10.8 Å². The van der Waals surface area contributed by atoms with Gasteiger partial charge < -0.3 is 5.32 Å². The highest BCUT2D eigenvalue weighted by Crippen LogP contribution is 2.36. The molecule has 2 atom stereocenters. The maximum Gasteiger partial charge on any atom is 0.135 e. The van der Waals surface area contributed by atoms with Gasteiger partial charge in [0.05, 0.1) is 0 Å². The molecule has 0 radical (unpaired) electrons. The van der Waals surface area contributed by atoms with E-state index in [4.69, 9.17) is 0 Å². The normalized spacial score (nSPS) is 22.6. The second kappa shape index (κ2) is 5.53. The number of halogens is 1. The number of alkyl halides is 1. The van der Waals surface area contributed by atoms with Crippen LogP contribution in [0.5, 0.6) is 0 Å². The zero-order valence-electron chi connectivity index (χ0n) is 12.0. The first-order valence-corrected chi connectivity index (χ1v) is 7.57. The Bertz CT molecular complexity index is 579. The van der Waals surface area contributed by atoms with Gasteiger partial charge in [0.1, 0.15) is 5.67 Å². The summed E-state index contributed by atoms with van der Waals surface area (Å²) in [5.74, 6) is 0. The maximum atomic E-state index is 15.3. The summed E-state index contributed by atoms with van der Waals surface area (Å²) in [4.78, 5) is 0. The molecule has 2 unspecified atom stereocenters. The number of benzene rings is 2. The van der Waals surface area contributed by atoms with Gasteiger partial charge in [-0.15, -0.1) is 0 Å². The third-order valence-corrected chi connectivity index (χ3v) is 4.39. The van der Waals surface area contributed by atoms with Crippen LogP contribution in [0.4, 0.5) is 4.39 Å². The van der Waals surface area contributed by atoms with Crippen molar-refractivity contribution in [2.75, 3.05) is 6.54 Å². The Kier molecular flexibility index (Phi) is 3.75. The molecule has 1 aliphatic heterocycles. The summed E-state index contributed by atoms with van der Waals surface area (Å²) in [6.45, 7) is 2.75. The predicted octanol–water partition coefficient (Wildman–Crippen LogP) is 4.56. The highest BCUT2D eigenvalue weighted by Gasteiger charge is 2.31. The molecule has 3 rings (SSSR count). The van der Waals surface area contributed by atoms with E-state index in [1.54, 1.807) is 6.92 Å². The molecule has 1 saturated heterocycles. The van der Waals surface area contributed by atoms with Crippen LogP contribution in [0.3, 0.4) is 0 Å². The van der Waals surface area contributed by atoms with E-state index in [1.807, 2.05) is 42.5 Å². The van der Waals surface area contributed by atoms with Gasteiger partial charge in [-0.3, -0.25) is 0 Å². The van der Waals surface area contributed by atoms with Crippen molar-refractivity contribution in [3.05, 3.63) is 48.0 Å². The average Bonchev–Trinajstić information content (AvgIpc) is 2.47. The van der Waals surface area contributed by atoms with Gasteiger partial charge in [-0.25, -0.2) is 4.39 Å². The summed E-state index contributed by atoms with van der Waals surface area (Å²) in [5.41, 5.74) is -0.460. The van der Waals surface area contributed by atoms with Crippen LogP contribution < -0.4 is 5.32 Å². The lowest BCUT2D eigenvalue weighted by Gasteiger charge is -2.31. The first-order chi connectivity index (χ1) is 9.67. The molecule has 0 aliphatic carbocycles. The monoisotopic (exact) mass is 271 g/mol. The molecule has 1 N–H and O–H groups in total. The molecule has 1 fully saturated rings. The van der Waals surface area contributed by atoms with Gasteiger partial charge in [0.2, 0.25) is 0 Å². The first kappa shape index (κ1) is 13.6. The predicted molar refractivity (Wildman–Crippen MR) is 82.7 cm³/mol. The van der Waals surface area contributed by atoms with Gasteiger partial charge in [0, 0.05) is 12.5 Å². The smallest absolute Gasteiger partial charge is 0.135 e. The quantitative estimate of drug-likeness (QED) is 0.863. The largest absolute Gasteiger partial charge is 0.314 e. The molecular weight excluding hydrogens is 249 g/mol. The fourth-order valence-electron chi connectivity index (χ4n) is 3.35. The van der Waals surface area contributed by atoms with Crippen molar-refractivity contribution in [3.63, 3.8) is 0 Å². The summed E-state index contributed by atoms with van der Waals surface area (Å²) in [5, 5.41) is 5.61. The molecule has 0 saturated carbocycles. The van der Waals surface area contributed by atoms with Crippen LogP contribution in [-0.2, 0) is 5.67 Å². The van der Waals surface area contributed by atoms with Crippen molar-refractivity contribution in [2.45, 2.75) is 44.3 Å². The molecule has 1 nitrogen and oxygen atoms in total. The van der Waals surface area contributed by atoms with E-state index >= 15 is 4.39 Å². The number of fused-ring (bicyclic) bond motifs is 1. The van der Waals surface area contributed by atoms with Crippen molar-refractivity contribution < 1.29 is 4.39 Å². The summed E-state index contributed by atoms with van der Waals surface area (Å²) in [6.07, 6.45) is 4.07. The van der Waals surface area contributed by atoms with Crippen LogP contribution in [0.2, 0.25) is 0 Å². The molecule has 2 aromatic rings. The topological polar surface area (TPSA) is 12.0 Å². The van der Waals surface area contributed by atoms with Crippen LogP contribution in [0.15, 0.2) is 42.5 Å². The Labute approximate surface area is 120 Å². The first-order valence-electron chi connectivity index (χ1n) is 7.57. The highest BCUT2D eigenvalue weighted by atomic mass is 19.1. The van der Waals surface area contributed by atoms with E-state index in [2.05, 4.69) is 5.32 Å². The summed E-state index contributed by atoms with van der Waals surface area (Å²) in [7, 11) is 0. The van der Waals surface area contributed by atoms with Crippen LogP contribution in [0, 0.1) is 0 Å². The lowest BCUT2D eigenvalue weighted by Crippen LogP contribution is -2.38. The van der Waals surface area contributed by atoms with E-state index in [1.165, 1.54) is 12.8 Å². The van der Waals surface area contributed by atoms with Gasteiger partial charge in [-0.1, -0.05) is 48.9 Å². The Morgan fingerprint density at radius 1 is 1.15 bits per heavy atom. The van der Waals surface area contributed by atoms with Crippen LogP contribution in [0.25, 0.3) is 10.8 Å². The third-order valence-electron chi connectivity index (χ3n) is 4.39. The minimum Gasteiger partial charge on any atom is -0.314 e. The second-order valence-electron chi connectivity index (χ2n) is 6.08. The Balaban J connectivity index is 1.91. The maximum absolute atomic E-state index is 15.3. The molecular formula is C18H22FN. The molecule has 20 heavy (non-hydrogen) atoms. The van der Waals surface area contributed by atoms with E-state index in [0.717, 1.165) is 29.3 Å². The van der Waals surface area contributed by atoms with Crippen molar-refractivity contribution in [2.24, 2.45) is 0 Å². The van der Waals surface area contributed by atoms with Crippen molar-refractivity contribution in [3.8, 4) is 0 Å². The Morgan fingerprint density at radius 2 is 1.95 bits per heavy atom. The minimum atomic E-state index is -1.28. The molecule has 106 valence electrons. The summed E-state index contributed by atoms with van der Waals surface area (Å²) >= 11 is 0. The molecule has 1 aliphatic rings. The minimum absolute atomic E-state index is 0.303. The lowest BCUT2D eigenvalue weighted by molar-refractivity contribution is 0.148. The Hall–Kier alpha value is -1.41. The zero-order valence-corrected chi connectivity index (χ0v) is 12.0. The molecule has 0 aromatic heterocycles. The number of hydrogen-bond acceptors (Lipinski definition) is 1. The van der Waals surface area contributed by atoms with E-state index in [0.29, 0.717) is 12.5 Å². The van der Waals surface area contributed by atoms with Gasteiger partial charge in [-0.2, -0.15) is 0 Å². The fraction of sp³-hybridized carbons (Fsp3) is 0.444. The second-order valence-corrected chi connectivity index (χ2v) is 6.08. The number of piperidine rings is 1. The number of rotatable bonds is 3.